The Morgan fingerprint density at radius 3 is 2.71 bits per heavy atom. The van der Waals surface area contributed by atoms with Crippen LogP contribution in [0.3, 0.4) is 0 Å². The number of rotatable bonds is 8. The van der Waals surface area contributed by atoms with Gasteiger partial charge in [-0.3, -0.25) is 0 Å². The second-order valence-electron chi connectivity index (χ2n) is 4.99. The molecule has 1 N–H and O–H groups in total. The van der Waals surface area contributed by atoms with Gasteiger partial charge in [0, 0.05) is 39.5 Å². The molecule has 0 aromatic heterocycles. The Hall–Kier alpha value is -0.160. The number of likely N-dealkylation sites (N-methyl/N-ethyl adjacent to an activating group) is 2. The van der Waals surface area contributed by atoms with E-state index in [9.17, 15) is 0 Å². The van der Waals surface area contributed by atoms with E-state index in [1.165, 1.54) is 19.4 Å². The highest BCUT2D eigenvalue weighted by molar-refractivity contribution is 4.73. The molecule has 1 aliphatic rings. The molecule has 1 atom stereocenters. The van der Waals surface area contributed by atoms with Crippen molar-refractivity contribution in [2.75, 3.05) is 53.6 Å². The van der Waals surface area contributed by atoms with Gasteiger partial charge >= 0.3 is 0 Å². The Kier molecular flexibility index (Phi) is 7.77. The molecule has 17 heavy (non-hydrogen) atoms. The SMILES string of the molecule is CCNC(COC)CN(C)CC1CCOCC1. The summed E-state index contributed by atoms with van der Waals surface area (Å²) in [6, 6.07) is 0.440. The summed E-state index contributed by atoms with van der Waals surface area (Å²) in [5, 5.41) is 3.46. The molecule has 0 bridgehead atoms. The van der Waals surface area contributed by atoms with Crippen molar-refractivity contribution in [3.05, 3.63) is 0 Å². The molecule has 1 aliphatic heterocycles. The molecule has 0 aromatic rings. The van der Waals surface area contributed by atoms with Crippen LogP contribution in [0.4, 0.5) is 0 Å². The molecule has 1 saturated heterocycles. The smallest absolute Gasteiger partial charge is 0.0628 e. The van der Waals surface area contributed by atoms with Crippen LogP contribution in [-0.2, 0) is 9.47 Å². The predicted octanol–water partition coefficient (Wildman–Crippen LogP) is 0.969. The fourth-order valence-electron chi connectivity index (χ4n) is 2.49. The molecular formula is C13H28N2O2. The Morgan fingerprint density at radius 1 is 1.41 bits per heavy atom. The van der Waals surface area contributed by atoms with Crippen molar-refractivity contribution in [2.45, 2.75) is 25.8 Å². The fraction of sp³-hybridized carbons (Fsp3) is 1.00. The molecule has 0 radical (unpaired) electrons. The second kappa shape index (κ2) is 8.86. The summed E-state index contributed by atoms with van der Waals surface area (Å²) in [4.78, 5) is 2.42. The minimum atomic E-state index is 0.440. The van der Waals surface area contributed by atoms with Crippen LogP contribution >= 0.6 is 0 Å². The van der Waals surface area contributed by atoms with Crippen molar-refractivity contribution in [2.24, 2.45) is 5.92 Å². The third-order valence-electron chi connectivity index (χ3n) is 3.30. The summed E-state index contributed by atoms with van der Waals surface area (Å²) < 4.78 is 10.6. The zero-order chi connectivity index (χ0) is 12.5. The summed E-state index contributed by atoms with van der Waals surface area (Å²) in [5.41, 5.74) is 0. The standard InChI is InChI=1S/C13H28N2O2/c1-4-14-13(11-16-3)10-15(2)9-12-5-7-17-8-6-12/h12-14H,4-11H2,1-3H3. The first-order valence-electron chi connectivity index (χ1n) is 6.74. The molecule has 1 rings (SSSR count). The highest BCUT2D eigenvalue weighted by Crippen LogP contribution is 2.15. The van der Waals surface area contributed by atoms with Crippen LogP contribution < -0.4 is 5.32 Å². The van der Waals surface area contributed by atoms with E-state index >= 15 is 0 Å². The lowest BCUT2D eigenvalue weighted by atomic mass is 10.00. The monoisotopic (exact) mass is 244 g/mol. The van der Waals surface area contributed by atoms with E-state index < -0.39 is 0 Å². The van der Waals surface area contributed by atoms with Gasteiger partial charge in [-0.15, -0.1) is 0 Å². The van der Waals surface area contributed by atoms with E-state index in [2.05, 4.69) is 24.2 Å². The molecule has 1 heterocycles. The molecule has 0 saturated carbocycles. The molecule has 4 heteroatoms. The third-order valence-corrected chi connectivity index (χ3v) is 3.30. The molecule has 0 amide bonds. The van der Waals surface area contributed by atoms with E-state index in [-0.39, 0.29) is 0 Å². The van der Waals surface area contributed by atoms with Gasteiger partial charge in [-0.25, -0.2) is 0 Å². The average molecular weight is 244 g/mol. The average Bonchev–Trinajstić information content (AvgIpc) is 2.30. The molecule has 1 fully saturated rings. The summed E-state index contributed by atoms with van der Waals surface area (Å²) in [5.74, 6) is 0.804. The Labute approximate surface area is 106 Å². The Balaban J connectivity index is 2.22. The largest absolute Gasteiger partial charge is 0.383 e. The van der Waals surface area contributed by atoms with Crippen molar-refractivity contribution in [1.82, 2.24) is 10.2 Å². The second-order valence-corrected chi connectivity index (χ2v) is 4.99. The first-order chi connectivity index (χ1) is 8.26. The normalized spacial score (nSPS) is 19.8. The Bertz CT molecular complexity index is 178. The van der Waals surface area contributed by atoms with Gasteiger partial charge in [0.05, 0.1) is 6.61 Å². The summed E-state index contributed by atoms with van der Waals surface area (Å²) in [6.45, 7) is 8.03. The highest BCUT2D eigenvalue weighted by atomic mass is 16.5. The number of ether oxygens (including phenoxy) is 2. The van der Waals surface area contributed by atoms with E-state index in [1.807, 2.05) is 0 Å². The lowest BCUT2D eigenvalue weighted by Crippen LogP contribution is -2.44. The van der Waals surface area contributed by atoms with Gasteiger partial charge in [0.15, 0.2) is 0 Å². The van der Waals surface area contributed by atoms with Crippen LogP contribution in [0.2, 0.25) is 0 Å². The molecule has 0 spiro atoms. The van der Waals surface area contributed by atoms with E-state index in [0.29, 0.717) is 6.04 Å². The van der Waals surface area contributed by atoms with Crippen LogP contribution in [0.1, 0.15) is 19.8 Å². The van der Waals surface area contributed by atoms with Crippen molar-refractivity contribution < 1.29 is 9.47 Å². The van der Waals surface area contributed by atoms with E-state index in [0.717, 1.165) is 38.8 Å². The van der Waals surface area contributed by atoms with Gasteiger partial charge in [-0.05, 0) is 32.4 Å². The van der Waals surface area contributed by atoms with Crippen LogP contribution in [0.5, 0.6) is 0 Å². The van der Waals surface area contributed by atoms with Gasteiger partial charge < -0.3 is 19.7 Å². The maximum atomic E-state index is 5.39. The topological polar surface area (TPSA) is 33.7 Å². The minimum absolute atomic E-state index is 0.440. The van der Waals surface area contributed by atoms with Crippen LogP contribution in [0.25, 0.3) is 0 Å². The highest BCUT2D eigenvalue weighted by Gasteiger charge is 2.17. The van der Waals surface area contributed by atoms with E-state index in [4.69, 9.17) is 9.47 Å². The van der Waals surface area contributed by atoms with Gasteiger partial charge in [-0.2, -0.15) is 0 Å². The molecule has 4 nitrogen and oxygen atoms in total. The lowest BCUT2D eigenvalue weighted by Gasteiger charge is -2.29. The number of nitrogens with zero attached hydrogens (tertiary/aromatic N) is 1. The van der Waals surface area contributed by atoms with Gasteiger partial charge in [0.2, 0.25) is 0 Å². The van der Waals surface area contributed by atoms with Crippen molar-refractivity contribution in [3.8, 4) is 0 Å². The number of nitrogens with one attached hydrogen (secondary N) is 1. The number of hydrogen-bond acceptors (Lipinski definition) is 4. The zero-order valence-corrected chi connectivity index (χ0v) is 11.6. The molecular weight excluding hydrogens is 216 g/mol. The Morgan fingerprint density at radius 2 is 2.12 bits per heavy atom. The van der Waals surface area contributed by atoms with Gasteiger partial charge in [-0.1, -0.05) is 6.92 Å². The predicted molar refractivity (Wildman–Crippen MR) is 70.4 cm³/mol. The summed E-state index contributed by atoms with van der Waals surface area (Å²) in [6.07, 6.45) is 2.42. The fourth-order valence-corrected chi connectivity index (χ4v) is 2.49. The summed E-state index contributed by atoms with van der Waals surface area (Å²) >= 11 is 0. The van der Waals surface area contributed by atoms with Crippen LogP contribution in [0, 0.1) is 5.92 Å². The lowest BCUT2D eigenvalue weighted by molar-refractivity contribution is 0.0528. The third kappa shape index (κ3) is 6.36. The number of hydrogen-bond donors (Lipinski definition) is 1. The van der Waals surface area contributed by atoms with Gasteiger partial charge in [0.25, 0.3) is 0 Å². The maximum absolute atomic E-state index is 5.39. The molecule has 0 aromatic carbocycles. The molecule has 1 unspecified atom stereocenters. The van der Waals surface area contributed by atoms with Crippen LogP contribution in [-0.4, -0.2) is 64.6 Å². The first-order valence-corrected chi connectivity index (χ1v) is 6.74. The molecule has 0 aliphatic carbocycles. The van der Waals surface area contributed by atoms with Crippen molar-refractivity contribution >= 4 is 0 Å². The quantitative estimate of drug-likeness (QED) is 0.690. The first kappa shape index (κ1) is 14.9. The zero-order valence-electron chi connectivity index (χ0n) is 11.6. The maximum Gasteiger partial charge on any atom is 0.0628 e. The van der Waals surface area contributed by atoms with E-state index in [1.54, 1.807) is 7.11 Å². The van der Waals surface area contributed by atoms with Crippen molar-refractivity contribution in [1.29, 1.82) is 0 Å². The van der Waals surface area contributed by atoms with Gasteiger partial charge in [0.1, 0.15) is 0 Å². The number of methoxy groups -OCH3 is 1. The van der Waals surface area contributed by atoms with Crippen LogP contribution in [0.15, 0.2) is 0 Å². The van der Waals surface area contributed by atoms with Crippen molar-refractivity contribution in [3.63, 3.8) is 0 Å². The molecule has 102 valence electrons. The minimum Gasteiger partial charge on any atom is -0.383 e. The summed E-state index contributed by atoms with van der Waals surface area (Å²) in [7, 11) is 3.97.